The summed E-state index contributed by atoms with van der Waals surface area (Å²) in [7, 11) is 3.18. The van der Waals surface area contributed by atoms with Crippen molar-refractivity contribution in [1.29, 1.82) is 0 Å². The van der Waals surface area contributed by atoms with Gasteiger partial charge < -0.3 is 18.6 Å². The van der Waals surface area contributed by atoms with Crippen LogP contribution in [0.15, 0.2) is 45.6 Å². The smallest absolute Gasteiger partial charge is 0.344 e. The molecule has 0 amide bonds. The van der Waals surface area contributed by atoms with E-state index in [2.05, 4.69) is 0 Å². The minimum atomic E-state index is -0.373. The Morgan fingerprint density at radius 1 is 1.00 bits per heavy atom. The topological polar surface area (TPSA) is 57.9 Å². The Balaban J connectivity index is 2.03. The van der Waals surface area contributed by atoms with Crippen molar-refractivity contribution in [3.05, 3.63) is 52.4 Å². The Bertz CT molecular complexity index is 987. The van der Waals surface area contributed by atoms with Gasteiger partial charge in [0, 0.05) is 29.5 Å². The van der Waals surface area contributed by atoms with Gasteiger partial charge in [0.2, 0.25) is 0 Å². The molecule has 5 heteroatoms. The normalized spacial score (nSPS) is 12.8. The first-order chi connectivity index (χ1) is 11.7. The monoisotopic (exact) mass is 324 g/mol. The molecule has 0 bridgehead atoms. The van der Waals surface area contributed by atoms with Crippen molar-refractivity contribution >= 4 is 11.0 Å². The zero-order valence-electron chi connectivity index (χ0n) is 13.4. The molecule has 0 spiro atoms. The molecule has 1 aliphatic heterocycles. The molecule has 0 saturated carbocycles. The van der Waals surface area contributed by atoms with E-state index in [1.807, 2.05) is 24.3 Å². The molecule has 4 rings (SSSR count). The van der Waals surface area contributed by atoms with Crippen molar-refractivity contribution < 1.29 is 18.6 Å². The van der Waals surface area contributed by atoms with Crippen LogP contribution in [0.5, 0.6) is 17.2 Å². The lowest BCUT2D eigenvalue weighted by atomic mass is 9.96. The second-order valence-electron chi connectivity index (χ2n) is 5.57. The molecule has 2 aromatic carbocycles. The van der Waals surface area contributed by atoms with Gasteiger partial charge in [0.25, 0.3) is 0 Å². The predicted molar refractivity (Wildman–Crippen MR) is 90.2 cm³/mol. The van der Waals surface area contributed by atoms with E-state index < -0.39 is 0 Å². The van der Waals surface area contributed by atoms with Crippen molar-refractivity contribution in [3.8, 4) is 28.4 Å². The summed E-state index contributed by atoms with van der Waals surface area (Å²) < 4.78 is 21.8. The fraction of sp³-hybridized carbons (Fsp3) is 0.211. The Morgan fingerprint density at radius 2 is 1.75 bits per heavy atom. The van der Waals surface area contributed by atoms with Crippen molar-refractivity contribution in [3.63, 3.8) is 0 Å². The average Bonchev–Trinajstić information content (AvgIpc) is 2.80. The van der Waals surface area contributed by atoms with Crippen molar-refractivity contribution in [2.45, 2.75) is 6.42 Å². The first-order valence-corrected chi connectivity index (χ1v) is 7.66. The summed E-state index contributed by atoms with van der Waals surface area (Å²) in [6.07, 6.45) is 0.626. The molecule has 0 saturated heterocycles. The maximum absolute atomic E-state index is 12.7. The fourth-order valence-electron chi connectivity index (χ4n) is 3.12. The summed E-state index contributed by atoms with van der Waals surface area (Å²) in [5, 5.41) is 0.901. The molecule has 5 nitrogen and oxygen atoms in total. The van der Waals surface area contributed by atoms with Crippen LogP contribution in [0.1, 0.15) is 5.56 Å². The molecule has 3 aromatic rings. The Kier molecular flexibility index (Phi) is 3.41. The maximum atomic E-state index is 12.7. The van der Waals surface area contributed by atoms with Crippen LogP contribution in [-0.4, -0.2) is 20.8 Å². The lowest BCUT2D eigenvalue weighted by Crippen LogP contribution is -2.08. The predicted octanol–water partition coefficient (Wildman–Crippen LogP) is 3.41. The number of hydrogen-bond acceptors (Lipinski definition) is 5. The van der Waals surface area contributed by atoms with Crippen LogP contribution in [0.25, 0.3) is 22.1 Å². The van der Waals surface area contributed by atoms with Gasteiger partial charge in [-0.1, -0.05) is 0 Å². The number of benzene rings is 2. The van der Waals surface area contributed by atoms with Crippen LogP contribution < -0.4 is 19.8 Å². The molecular weight excluding hydrogens is 308 g/mol. The van der Waals surface area contributed by atoms with E-state index >= 15 is 0 Å². The van der Waals surface area contributed by atoms with Crippen LogP contribution in [0.4, 0.5) is 0 Å². The second kappa shape index (κ2) is 5.60. The first-order valence-electron chi connectivity index (χ1n) is 7.66. The number of methoxy groups -OCH3 is 2. The standard InChI is InChI=1S/C19H16O5/c1-21-11-4-6-15-16(9-11)23-8-7-14-13-5-3-12(22-2)10-17(13)24-19(20)18(14)15/h3-6,9-10H,7-8H2,1-2H3. The van der Waals surface area contributed by atoms with Gasteiger partial charge in [-0.2, -0.15) is 0 Å². The third kappa shape index (κ3) is 2.21. The van der Waals surface area contributed by atoms with Crippen molar-refractivity contribution in [1.82, 2.24) is 0 Å². The van der Waals surface area contributed by atoms with E-state index in [4.69, 9.17) is 18.6 Å². The minimum Gasteiger partial charge on any atom is -0.497 e. The van der Waals surface area contributed by atoms with Gasteiger partial charge in [0.05, 0.1) is 26.4 Å². The second-order valence-corrected chi connectivity index (χ2v) is 5.57. The van der Waals surface area contributed by atoms with Crippen LogP contribution >= 0.6 is 0 Å². The van der Waals surface area contributed by atoms with E-state index in [0.29, 0.717) is 41.4 Å². The molecule has 0 atom stereocenters. The fourth-order valence-corrected chi connectivity index (χ4v) is 3.12. The third-order valence-electron chi connectivity index (χ3n) is 4.29. The molecule has 24 heavy (non-hydrogen) atoms. The van der Waals surface area contributed by atoms with E-state index in [1.165, 1.54) is 0 Å². The minimum absolute atomic E-state index is 0.373. The zero-order chi connectivity index (χ0) is 16.7. The molecule has 0 radical (unpaired) electrons. The van der Waals surface area contributed by atoms with E-state index in [-0.39, 0.29) is 5.63 Å². The summed E-state index contributed by atoms with van der Waals surface area (Å²) in [6, 6.07) is 11.0. The number of hydrogen-bond donors (Lipinski definition) is 0. The van der Waals surface area contributed by atoms with Crippen LogP contribution in [0, 0.1) is 0 Å². The van der Waals surface area contributed by atoms with Gasteiger partial charge in [-0.25, -0.2) is 4.79 Å². The van der Waals surface area contributed by atoms with Gasteiger partial charge in [0.1, 0.15) is 22.8 Å². The quantitative estimate of drug-likeness (QED) is 0.676. The number of ether oxygens (including phenoxy) is 3. The van der Waals surface area contributed by atoms with Gasteiger partial charge in [0.15, 0.2) is 0 Å². The van der Waals surface area contributed by atoms with E-state index in [9.17, 15) is 4.79 Å². The highest BCUT2D eigenvalue weighted by atomic mass is 16.5. The molecule has 0 N–H and O–H groups in total. The summed E-state index contributed by atoms with van der Waals surface area (Å²) in [4.78, 5) is 12.7. The SMILES string of the molecule is COc1ccc2c(c1)OCCc1c-2c(=O)oc2cc(OC)ccc12. The molecule has 1 aliphatic rings. The lowest BCUT2D eigenvalue weighted by Gasteiger charge is -2.11. The molecule has 0 aliphatic carbocycles. The lowest BCUT2D eigenvalue weighted by molar-refractivity contribution is 0.323. The summed E-state index contributed by atoms with van der Waals surface area (Å²) >= 11 is 0. The van der Waals surface area contributed by atoms with Crippen molar-refractivity contribution in [2.75, 3.05) is 20.8 Å². The van der Waals surface area contributed by atoms with Gasteiger partial charge >= 0.3 is 5.63 Å². The van der Waals surface area contributed by atoms with E-state index in [1.54, 1.807) is 26.4 Å². The Morgan fingerprint density at radius 3 is 2.54 bits per heavy atom. The van der Waals surface area contributed by atoms with Crippen LogP contribution in [0.3, 0.4) is 0 Å². The first kappa shape index (κ1) is 14.6. The summed E-state index contributed by atoms with van der Waals surface area (Å²) in [6.45, 7) is 0.484. The molecule has 122 valence electrons. The highest BCUT2D eigenvalue weighted by Gasteiger charge is 2.23. The highest BCUT2D eigenvalue weighted by Crippen LogP contribution is 2.38. The molecular formula is C19H16O5. The van der Waals surface area contributed by atoms with Crippen LogP contribution in [-0.2, 0) is 6.42 Å². The number of rotatable bonds is 2. The van der Waals surface area contributed by atoms with Crippen LogP contribution in [0.2, 0.25) is 0 Å². The molecule has 1 aromatic heterocycles. The summed E-state index contributed by atoms with van der Waals surface area (Å²) in [5.41, 5.74) is 2.38. The van der Waals surface area contributed by atoms with Gasteiger partial charge in [-0.15, -0.1) is 0 Å². The zero-order valence-corrected chi connectivity index (χ0v) is 13.4. The van der Waals surface area contributed by atoms with Gasteiger partial charge in [-0.3, -0.25) is 0 Å². The third-order valence-corrected chi connectivity index (χ3v) is 4.29. The Labute approximate surface area is 138 Å². The number of fused-ring (bicyclic) bond motifs is 5. The highest BCUT2D eigenvalue weighted by molar-refractivity contribution is 5.89. The molecule has 0 unspecified atom stereocenters. The molecule has 0 fully saturated rings. The average molecular weight is 324 g/mol. The largest absolute Gasteiger partial charge is 0.497 e. The van der Waals surface area contributed by atoms with Gasteiger partial charge in [-0.05, 0) is 29.8 Å². The van der Waals surface area contributed by atoms with E-state index in [0.717, 1.165) is 16.5 Å². The molecule has 2 heterocycles. The van der Waals surface area contributed by atoms with Crippen molar-refractivity contribution in [2.24, 2.45) is 0 Å². The summed E-state index contributed by atoms with van der Waals surface area (Å²) in [5.74, 6) is 1.97. The maximum Gasteiger partial charge on any atom is 0.344 e. The Hall–Kier alpha value is -2.95.